The summed E-state index contributed by atoms with van der Waals surface area (Å²) in [5.74, 6) is 0.919. The summed E-state index contributed by atoms with van der Waals surface area (Å²) < 4.78 is 0.0527. The molecule has 1 aliphatic rings. The van der Waals surface area contributed by atoms with Crippen molar-refractivity contribution in [3.63, 3.8) is 0 Å². The Labute approximate surface area is 153 Å². The van der Waals surface area contributed by atoms with E-state index in [1.54, 1.807) is 0 Å². The number of amides is 2. The first-order valence-electron chi connectivity index (χ1n) is 9.85. The molecule has 1 aliphatic heterocycles. The molecule has 138 valence electrons. The maximum Gasteiger partial charge on any atom is 0.324 e. The van der Waals surface area contributed by atoms with Gasteiger partial charge in [0.2, 0.25) is 0 Å². The summed E-state index contributed by atoms with van der Waals surface area (Å²) >= 11 is 0. The van der Waals surface area contributed by atoms with Gasteiger partial charge in [-0.1, -0.05) is 57.5 Å². The van der Waals surface area contributed by atoms with Crippen molar-refractivity contribution in [3.8, 4) is 0 Å². The summed E-state index contributed by atoms with van der Waals surface area (Å²) in [4.78, 5) is 25.1. The van der Waals surface area contributed by atoms with Gasteiger partial charge in [-0.2, -0.15) is 4.48 Å². The molecular formula is C22H34NO2+. The molecule has 0 bridgehead atoms. The van der Waals surface area contributed by atoms with Gasteiger partial charge in [0.05, 0.1) is 12.5 Å². The van der Waals surface area contributed by atoms with Crippen molar-refractivity contribution in [1.29, 1.82) is 0 Å². The van der Waals surface area contributed by atoms with E-state index in [0.717, 1.165) is 38.5 Å². The molecule has 0 aliphatic carbocycles. The Morgan fingerprint density at radius 3 is 2.40 bits per heavy atom. The Morgan fingerprint density at radius 2 is 1.88 bits per heavy atom. The van der Waals surface area contributed by atoms with Crippen LogP contribution in [0.4, 0.5) is 0 Å². The lowest BCUT2D eigenvalue weighted by molar-refractivity contribution is -0.782. The second-order valence-electron chi connectivity index (χ2n) is 8.18. The van der Waals surface area contributed by atoms with Crippen LogP contribution < -0.4 is 0 Å². The number of carbonyl (C=O) groups is 2. The molecule has 2 amide bonds. The molecule has 3 heteroatoms. The fourth-order valence-electron chi connectivity index (χ4n) is 4.28. The largest absolute Gasteiger partial charge is 0.324 e. The van der Waals surface area contributed by atoms with Crippen molar-refractivity contribution in [2.75, 3.05) is 6.54 Å². The van der Waals surface area contributed by atoms with E-state index in [2.05, 4.69) is 45.0 Å². The average Bonchev–Trinajstić information content (AvgIpc) is 3.00. The van der Waals surface area contributed by atoms with Crippen LogP contribution in [0.2, 0.25) is 0 Å². The van der Waals surface area contributed by atoms with Gasteiger partial charge in [-0.05, 0) is 37.2 Å². The molecule has 3 unspecified atom stereocenters. The van der Waals surface area contributed by atoms with Crippen LogP contribution in [0.15, 0.2) is 30.3 Å². The highest BCUT2D eigenvalue weighted by molar-refractivity contribution is 5.78. The third-order valence-electron chi connectivity index (χ3n) is 6.18. The predicted octanol–water partition coefficient (Wildman–Crippen LogP) is 4.91. The minimum Gasteiger partial charge on any atom is -0.233 e. The van der Waals surface area contributed by atoms with Gasteiger partial charge < -0.3 is 0 Å². The number of carbonyl (C=O) groups excluding carboxylic acids is 2. The highest BCUT2D eigenvalue weighted by Crippen LogP contribution is 2.33. The van der Waals surface area contributed by atoms with Crippen molar-refractivity contribution >= 4 is 12.3 Å². The Kier molecular flexibility index (Phi) is 6.95. The van der Waals surface area contributed by atoms with Crippen molar-refractivity contribution in [1.82, 2.24) is 0 Å². The van der Waals surface area contributed by atoms with Crippen LogP contribution in [0, 0.1) is 11.8 Å². The van der Waals surface area contributed by atoms with Crippen LogP contribution in [0.5, 0.6) is 0 Å². The standard InChI is InChI=1S/C22H34NO2/c1-17(2)21(22(25)23(16-24)15-9-11-19(23)4)14-8-10-18(3)20-12-6-5-7-13-20/h5-7,12-13,16-19,21H,8-11,14-15H2,1-4H3/q+1/t18?,19-,21?,23?/m1/s1. The molecule has 1 heterocycles. The van der Waals surface area contributed by atoms with E-state index in [9.17, 15) is 9.59 Å². The van der Waals surface area contributed by atoms with E-state index in [-0.39, 0.29) is 28.3 Å². The van der Waals surface area contributed by atoms with Crippen LogP contribution in [0.1, 0.15) is 71.3 Å². The number of likely N-dealkylation sites (tertiary alicyclic amines) is 1. The summed E-state index contributed by atoms with van der Waals surface area (Å²) in [7, 11) is 0. The molecule has 0 radical (unpaired) electrons. The van der Waals surface area contributed by atoms with Crippen LogP contribution >= 0.6 is 0 Å². The zero-order chi connectivity index (χ0) is 18.4. The van der Waals surface area contributed by atoms with Crippen LogP contribution in [-0.2, 0) is 9.59 Å². The molecule has 0 N–H and O–H groups in total. The molecule has 0 saturated carbocycles. The topological polar surface area (TPSA) is 34.1 Å². The molecular weight excluding hydrogens is 310 g/mol. The van der Waals surface area contributed by atoms with Gasteiger partial charge in [0.15, 0.2) is 0 Å². The van der Waals surface area contributed by atoms with Crippen LogP contribution in [-0.4, -0.2) is 29.4 Å². The number of quaternary nitrogens is 1. The van der Waals surface area contributed by atoms with E-state index < -0.39 is 0 Å². The molecule has 3 nitrogen and oxygen atoms in total. The third-order valence-corrected chi connectivity index (χ3v) is 6.18. The van der Waals surface area contributed by atoms with Crippen molar-refractivity contribution in [2.24, 2.45) is 11.8 Å². The van der Waals surface area contributed by atoms with Crippen molar-refractivity contribution in [2.45, 2.75) is 71.8 Å². The molecule has 1 aromatic carbocycles. The fourth-order valence-corrected chi connectivity index (χ4v) is 4.28. The van der Waals surface area contributed by atoms with Gasteiger partial charge in [0.25, 0.3) is 0 Å². The maximum absolute atomic E-state index is 13.2. The van der Waals surface area contributed by atoms with Crippen LogP contribution in [0.3, 0.4) is 0 Å². The lowest BCUT2D eigenvalue weighted by Gasteiger charge is -2.33. The lowest BCUT2D eigenvalue weighted by atomic mass is 9.86. The van der Waals surface area contributed by atoms with Gasteiger partial charge in [-0.3, -0.25) is 0 Å². The molecule has 0 aromatic heterocycles. The van der Waals surface area contributed by atoms with Crippen molar-refractivity contribution in [3.05, 3.63) is 35.9 Å². The van der Waals surface area contributed by atoms with Crippen LogP contribution in [0.25, 0.3) is 0 Å². The Balaban J connectivity index is 1.99. The van der Waals surface area contributed by atoms with Gasteiger partial charge in [0.1, 0.15) is 6.04 Å². The lowest BCUT2D eigenvalue weighted by Crippen LogP contribution is -2.57. The first kappa shape index (κ1) is 19.8. The summed E-state index contributed by atoms with van der Waals surface area (Å²) in [5.41, 5.74) is 1.36. The quantitative estimate of drug-likeness (QED) is 0.496. The second kappa shape index (κ2) is 8.75. The monoisotopic (exact) mass is 344 g/mol. The second-order valence-corrected chi connectivity index (χ2v) is 8.18. The molecule has 1 fully saturated rings. The molecule has 2 rings (SSSR count). The SMILES string of the molecule is CC(CCCC(C(=O)[N+]1(C=O)CCC[C@H]1C)C(C)C)c1ccccc1. The van der Waals surface area contributed by atoms with Gasteiger partial charge >= 0.3 is 12.3 Å². The molecule has 25 heavy (non-hydrogen) atoms. The molecule has 1 aromatic rings. The third kappa shape index (κ3) is 4.38. The summed E-state index contributed by atoms with van der Waals surface area (Å²) in [6.45, 7) is 9.22. The minimum absolute atomic E-state index is 0.0197. The molecule has 1 saturated heterocycles. The number of rotatable bonds is 8. The average molecular weight is 345 g/mol. The van der Waals surface area contributed by atoms with E-state index in [1.807, 2.05) is 13.0 Å². The van der Waals surface area contributed by atoms with E-state index >= 15 is 0 Å². The van der Waals surface area contributed by atoms with E-state index in [0.29, 0.717) is 12.5 Å². The Morgan fingerprint density at radius 1 is 1.20 bits per heavy atom. The Bertz CT molecular complexity index is 569. The predicted molar refractivity (Wildman–Crippen MR) is 102 cm³/mol. The smallest absolute Gasteiger partial charge is 0.233 e. The number of hydrogen-bond donors (Lipinski definition) is 0. The van der Waals surface area contributed by atoms with E-state index in [4.69, 9.17) is 0 Å². The Hall–Kier alpha value is -1.48. The highest BCUT2D eigenvalue weighted by Gasteiger charge is 2.49. The first-order valence-corrected chi connectivity index (χ1v) is 9.85. The summed E-state index contributed by atoms with van der Waals surface area (Å²) in [5, 5.41) is 0. The number of nitrogens with zero attached hydrogens (tertiary/aromatic N) is 1. The minimum atomic E-state index is -0.0197. The van der Waals surface area contributed by atoms with Gasteiger partial charge in [-0.25, -0.2) is 9.59 Å². The molecule has 4 atom stereocenters. The summed E-state index contributed by atoms with van der Waals surface area (Å²) in [6, 6.07) is 10.7. The van der Waals surface area contributed by atoms with E-state index in [1.165, 1.54) is 5.56 Å². The normalized spacial score (nSPS) is 25.7. The fraction of sp³-hybridized carbons (Fsp3) is 0.636. The number of imide groups is 1. The molecule has 0 spiro atoms. The van der Waals surface area contributed by atoms with Crippen molar-refractivity contribution < 1.29 is 14.1 Å². The zero-order valence-electron chi connectivity index (χ0n) is 16.3. The van der Waals surface area contributed by atoms with Gasteiger partial charge in [0, 0.05) is 12.8 Å². The highest BCUT2D eigenvalue weighted by atomic mass is 16.2. The van der Waals surface area contributed by atoms with Gasteiger partial charge in [-0.15, -0.1) is 0 Å². The maximum atomic E-state index is 13.2. The number of hydrogen-bond acceptors (Lipinski definition) is 2. The zero-order valence-corrected chi connectivity index (χ0v) is 16.3. The summed E-state index contributed by atoms with van der Waals surface area (Å²) in [6.07, 6.45) is 5.85. The first-order chi connectivity index (χ1) is 11.9. The number of benzene rings is 1.